The molecular weight excluding hydrogens is 358 g/mol. The molecule has 0 spiro atoms. The minimum Gasteiger partial charge on any atom is -0.476 e. The van der Waals surface area contributed by atoms with Crippen molar-refractivity contribution in [1.82, 2.24) is 9.78 Å². The van der Waals surface area contributed by atoms with E-state index in [-0.39, 0.29) is 17.4 Å². The van der Waals surface area contributed by atoms with Gasteiger partial charge in [-0.05, 0) is 24.3 Å². The van der Waals surface area contributed by atoms with Crippen LogP contribution in [0.2, 0.25) is 0 Å². The molecule has 110 valence electrons. The molecule has 0 saturated carbocycles. The highest BCUT2D eigenvalue weighted by Gasteiger charge is 2.13. The summed E-state index contributed by atoms with van der Waals surface area (Å²) in [6.45, 7) is 0. The summed E-state index contributed by atoms with van der Waals surface area (Å²) in [6.07, 6.45) is 0. The third-order valence-corrected chi connectivity index (χ3v) is 4.09. The largest absolute Gasteiger partial charge is 0.476 e. The van der Waals surface area contributed by atoms with E-state index in [9.17, 15) is 9.59 Å². The quantitative estimate of drug-likeness (QED) is 0.791. The highest BCUT2D eigenvalue weighted by Crippen LogP contribution is 2.20. The lowest BCUT2D eigenvalue weighted by Gasteiger charge is -2.05. The Morgan fingerprint density at radius 3 is 2.62 bits per heavy atom. The zero-order valence-corrected chi connectivity index (χ0v) is 13.4. The van der Waals surface area contributed by atoms with Crippen molar-refractivity contribution in [2.24, 2.45) is 7.05 Å². The molecule has 2 aromatic rings. The van der Waals surface area contributed by atoms with Crippen LogP contribution in [0, 0.1) is 0 Å². The van der Waals surface area contributed by atoms with E-state index in [4.69, 9.17) is 5.11 Å². The van der Waals surface area contributed by atoms with Gasteiger partial charge in [-0.15, -0.1) is 11.8 Å². The number of nitrogens with one attached hydrogen (secondary N) is 1. The van der Waals surface area contributed by atoms with Gasteiger partial charge in [0.15, 0.2) is 5.69 Å². The molecule has 0 radical (unpaired) electrons. The monoisotopic (exact) mass is 369 g/mol. The van der Waals surface area contributed by atoms with Crippen LogP contribution in [-0.4, -0.2) is 32.5 Å². The molecule has 0 bridgehead atoms. The van der Waals surface area contributed by atoms with Crippen LogP contribution in [0.3, 0.4) is 0 Å². The van der Waals surface area contributed by atoms with Crippen molar-refractivity contribution in [3.05, 3.63) is 40.5 Å². The molecule has 2 rings (SSSR count). The number of halogens is 1. The average Bonchev–Trinajstić information content (AvgIpc) is 2.80. The molecule has 0 aliphatic heterocycles. The number of aromatic carboxylic acids is 1. The highest BCUT2D eigenvalue weighted by atomic mass is 79.9. The van der Waals surface area contributed by atoms with Crippen molar-refractivity contribution in [1.29, 1.82) is 0 Å². The maximum atomic E-state index is 11.9. The first-order valence-electron chi connectivity index (χ1n) is 5.91. The summed E-state index contributed by atoms with van der Waals surface area (Å²) in [7, 11) is 1.57. The van der Waals surface area contributed by atoms with E-state index in [2.05, 4.69) is 26.3 Å². The van der Waals surface area contributed by atoms with E-state index in [1.165, 1.54) is 22.5 Å². The average molecular weight is 370 g/mol. The molecule has 6 nitrogen and oxygen atoms in total. The fourth-order valence-electron chi connectivity index (χ4n) is 1.55. The second kappa shape index (κ2) is 6.77. The zero-order valence-electron chi connectivity index (χ0n) is 11.0. The van der Waals surface area contributed by atoms with Crippen molar-refractivity contribution in [2.45, 2.75) is 4.90 Å². The first-order valence-corrected chi connectivity index (χ1v) is 7.69. The fourth-order valence-corrected chi connectivity index (χ4v) is 2.51. The summed E-state index contributed by atoms with van der Waals surface area (Å²) in [6, 6.07) is 8.95. The van der Waals surface area contributed by atoms with E-state index >= 15 is 0 Å². The lowest BCUT2D eigenvalue weighted by atomic mass is 10.4. The lowest BCUT2D eigenvalue weighted by molar-refractivity contribution is -0.113. The first-order chi connectivity index (χ1) is 9.95. The summed E-state index contributed by atoms with van der Waals surface area (Å²) in [4.78, 5) is 23.6. The van der Waals surface area contributed by atoms with Crippen molar-refractivity contribution in [3.63, 3.8) is 0 Å². The number of benzene rings is 1. The summed E-state index contributed by atoms with van der Waals surface area (Å²) < 4.78 is 2.30. The van der Waals surface area contributed by atoms with E-state index in [1.807, 2.05) is 24.3 Å². The maximum Gasteiger partial charge on any atom is 0.356 e. The summed E-state index contributed by atoms with van der Waals surface area (Å²) in [5.74, 6) is -0.762. The maximum absolute atomic E-state index is 11.9. The Morgan fingerprint density at radius 1 is 1.38 bits per heavy atom. The second-order valence-electron chi connectivity index (χ2n) is 4.13. The Hall–Kier alpha value is -1.80. The smallest absolute Gasteiger partial charge is 0.356 e. The molecule has 0 unspecified atom stereocenters. The van der Waals surface area contributed by atoms with Gasteiger partial charge in [-0.2, -0.15) is 5.10 Å². The predicted octanol–water partition coefficient (Wildman–Crippen LogP) is 2.61. The van der Waals surface area contributed by atoms with Gasteiger partial charge in [0.25, 0.3) is 0 Å². The standard InChI is InChI=1S/C13H12BrN3O3S/c1-17-11(6-10(16-17)13(19)20)15-12(18)7-21-9-4-2-8(14)3-5-9/h2-6H,7H2,1H3,(H,15,18)(H,19,20). The van der Waals surface area contributed by atoms with Crippen LogP contribution in [0.4, 0.5) is 5.82 Å². The van der Waals surface area contributed by atoms with Crippen LogP contribution < -0.4 is 5.32 Å². The third-order valence-electron chi connectivity index (χ3n) is 2.55. The molecule has 0 aliphatic carbocycles. The molecular formula is C13H12BrN3O3S. The number of nitrogens with zero attached hydrogens (tertiary/aromatic N) is 2. The van der Waals surface area contributed by atoms with Gasteiger partial charge in [0.05, 0.1) is 5.75 Å². The number of hydrogen-bond donors (Lipinski definition) is 2. The van der Waals surface area contributed by atoms with Crippen LogP contribution in [0.5, 0.6) is 0 Å². The molecule has 0 saturated heterocycles. The van der Waals surface area contributed by atoms with Crippen LogP contribution in [0.25, 0.3) is 0 Å². The number of aromatic nitrogens is 2. The van der Waals surface area contributed by atoms with Gasteiger partial charge >= 0.3 is 5.97 Å². The minimum absolute atomic E-state index is 0.103. The number of carbonyl (C=O) groups is 2. The van der Waals surface area contributed by atoms with E-state index in [0.29, 0.717) is 5.82 Å². The molecule has 8 heteroatoms. The third kappa shape index (κ3) is 4.33. The van der Waals surface area contributed by atoms with E-state index in [0.717, 1.165) is 9.37 Å². The number of anilines is 1. The predicted molar refractivity (Wildman–Crippen MR) is 83.7 cm³/mol. The van der Waals surface area contributed by atoms with Gasteiger partial charge < -0.3 is 10.4 Å². The Labute approximate surface area is 133 Å². The zero-order chi connectivity index (χ0) is 15.4. The van der Waals surface area contributed by atoms with Crippen LogP contribution in [-0.2, 0) is 11.8 Å². The molecule has 1 aromatic carbocycles. The van der Waals surface area contributed by atoms with Gasteiger partial charge in [-0.25, -0.2) is 4.79 Å². The SMILES string of the molecule is Cn1nc(C(=O)O)cc1NC(=O)CSc1ccc(Br)cc1. The first kappa shape index (κ1) is 15.6. The van der Waals surface area contributed by atoms with Gasteiger partial charge in [-0.1, -0.05) is 15.9 Å². The molecule has 21 heavy (non-hydrogen) atoms. The molecule has 1 heterocycles. The van der Waals surface area contributed by atoms with Crippen LogP contribution >= 0.6 is 27.7 Å². The summed E-state index contributed by atoms with van der Waals surface area (Å²) in [5, 5.41) is 15.3. The number of amides is 1. The molecule has 0 aliphatic rings. The Balaban J connectivity index is 1.92. The second-order valence-corrected chi connectivity index (χ2v) is 6.10. The fraction of sp³-hybridized carbons (Fsp3) is 0.154. The number of rotatable bonds is 5. The molecule has 1 aromatic heterocycles. The number of carboxylic acids is 1. The number of thioether (sulfide) groups is 1. The van der Waals surface area contributed by atoms with Crippen LogP contribution in [0.1, 0.15) is 10.5 Å². The highest BCUT2D eigenvalue weighted by molar-refractivity contribution is 9.10. The van der Waals surface area contributed by atoms with Crippen molar-refractivity contribution < 1.29 is 14.7 Å². The number of carbonyl (C=O) groups excluding carboxylic acids is 1. The lowest BCUT2D eigenvalue weighted by Crippen LogP contribution is -2.16. The van der Waals surface area contributed by atoms with E-state index in [1.54, 1.807) is 7.05 Å². The van der Waals surface area contributed by atoms with Gasteiger partial charge in [-0.3, -0.25) is 9.48 Å². The summed E-state index contributed by atoms with van der Waals surface area (Å²) in [5.41, 5.74) is -0.103. The van der Waals surface area contributed by atoms with Crippen molar-refractivity contribution in [3.8, 4) is 0 Å². The normalized spacial score (nSPS) is 10.4. The minimum atomic E-state index is -1.13. The summed E-state index contributed by atoms with van der Waals surface area (Å²) >= 11 is 4.74. The molecule has 1 amide bonds. The van der Waals surface area contributed by atoms with Gasteiger partial charge in [0.1, 0.15) is 5.82 Å². The molecule has 0 atom stereocenters. The van der Waals surface area contributed by atoms with Gasteiger partial charge in [0, 0.05) is 22.5 Å². The number of aryl methyl sites for hydroxylation is 1. The Bertz CT molecular complexity index is 670. The van der Waals surface area contributed by atoms with E-state index < -0.39 is 5.97 Å². The topological polar surface area (TPSA) is 84.2 Å². The molecule has 0 fully saturated rings. The number of carboxylic acid groups (broad SMARTS) is 1. The van der Waals surface area contributed by atoms with Crippen LogP contribution in [0.15, 0.2) is 39.7 Å². The Morgan fingerprint density at radius 2 is 2.05 bits per heavy atom. The van der Waals surface area contributed by atoms with Crippen molar-refractivity contribution in [2.75, 3.05) is 11.1 Å². The van der Waals surface area contributed by atoms with Gasteiger partial charge in [0.2, 0.25) is 5.91 Å². The van der Waals surface area contributed by atoms with Crippen molar-refractivity contribution >= 4 is 45.4 Å². The Kier molecular flexibility index (Phi) is 5.03. The number of hydrogen-bond acceptors (Lipinski definition) is 4. The molecule has 2 N–H and O–H groups in total.